The fraction of sp³-hybridized carbons (Fsp3) is 0.200. The van der Waals surface area contributed by atoms with Gasteiger partial charge in [-0.2, -0.15) is 4.68 Å². The molecule has 3 N–H and O–H groups in total. The fourth-order valence-corrected chi connectivity index (χ4v) is 5.20. The molecule has 10 nitrogen and oxygen atoms in total. The van der Waals surface area contributed by atoms with Crippen LogP contribution in [-0.4, -0.2) is 39.7 Å². The number of anilines is 1. The van der Waals surface area contributed by atoms with Crippen molar-refractivity contribution in [2.75, 3.05) is 5.73 Å². The number of hydrogen-bond acceptors (Lipinski definition) is 7. The van der Waals surface area contributed by atoms with Gasteiger partial charge < -0.3 is 15.3 Å². The molecular formula is C25H21ClFN9O. The lowest BCUT2D eigenvalue weighted by atomic mass is 9.99. The van der Waals surface area contributed by atoms with Gasteiger partial charge in [0.25, 0.3) is 5.56 Å². The summed E-state index contributed by atoms with van der Waals surface area (Å²) in [5.41, 5.74) is 9.67. The molecule has 6 rings (SSSR count). The van der Waals surface area contributed by atoms with Crippen LogP contribution in [0.3, 0.4) is 0 Å². The van der Waals surface area contributed by atoms with Crippen molar-refractivity contribution in [3.05, 3.63) is 87.3 Å². The molecule has 0 unspecified atom stereocenters. The average molecular weight is 518 g/mol. The Bertz CT molecular complexity index is 1710. The minimum absolute atomic E-state index is 0.0184. The van der Waals surface area contributed by atoms with Crippen LogP contribution < -0.4 is 11.3 Å². The van der Waals surface area contributed by atoms with E-state index < -0.39 is 5.82 Å². The van der Waals surface area contributed by atoms with E-state index in [4.69, 9.17) is 17.3 Å². The summed E-state index contributed by atoms with van der Waals surface area (Å²) in [5, 5.41) is 11.1. The number of aryl methyl sites for hydroxylation is 1. The molecule has 0 aliphatic carbocycles. The Morgan fingerprint density at radius 3 is 2.81 bits per heavy atom. The van der Waals surface area contributed by atoms with Gasteiger partial charge in [-0.15, -0.1) is 5.10 Å². The van der Waals surface area contributed by atoms with Gasteiger partial charge in [0.2, 0.25) is 0 Å². The van der Waals surface area contributed by atoms with E-state index in [1.165, 1.54) is 23.1 Å². The van der Waals surface area contributed by atoms with Crippen LogP contribution in [0.5, 0.6) is 0 Å². The molecule has 1 aliphatic heterocycles. The molecule has 12 heteroatoms. The molecule has 0 amide bonds. The van der Waals surface area contributed by atoms with Crippen LogP contribution in [0.15, 0.2) is 53.7 Å². The maximum absolute atomic E-state index is 15.3. The van der Waals surface area contributed by atoms with E-state index in [2.05, 4.69) is 30.5 Å². The second-order valence-corrected chi connectivity index (χ2v) is 9.50. The first kappa shape index (κ1) is 23.0. The number of fused-ring (bicyclic) bond motifs is 1. The minimum atomic E-state index is -0.649. The highest BCUT2D eigenvalue weighted by Crippen LogP contribution is 2.41. The normalized spacial score (nSPS) is 16.8. The van der Waals surface area contributed by atoms with Crippen molar-refractivity contribution in [3.8, 4) is 28.1 Å². The Kier molecular flexibility index (Phi) is 5.37. The predicted octanol–water partition coefficient (Wildman–Crippen LogP) is 4.06. The number of nitrogens with two attached hydrogens (primary N) is 1. The third-order valence-corrected chi connectivity index (χ3v) is 7.05. The van der Waals surface area contributed by atoms with E-state index in [0.29, 0.717) is 29.3 Å². The first-order valence-corrected chi connectivity index (χ1v) is 12.0. The quantitative estimate of drug-likeness (QED) is 0.367. The zero-order valence-electron chi connectivity index (χ0n) is 19.9. The first-order valence-electron chi connectivity index (χ1n) is 11.6. The second-order valence-electron chi connectivity index (χ2n) is 9.09. The fourth-order valence-electron chi connectivity index (χ4n) is 5.04. The van der Waals surface area contributed by atoms with Gasteiger partial charge in [0.1, 0.15) is 18.0 Å². The van der Waals surface area contributed by atoms with Crippen LogP contribution in [0.2, 0.25) is 5.02 Å². The number of nitrogens with one attached hydrogen (secondary N) is 1. The zero-order valence-corrected chi connectivity index (χ0v) is 20.6. The third-order valence-electron chi connectivity index (χ3n) is 6.76. The number of tetrazole rings is 1. The topological polar surface area (TPSA) is 133 Å². The Hall–Kier alpha value is -4.38. The van der Waals surface area contributed by atoms with Crippen molar-refractivity contribution < 1.29 is 4.39 Å². The van der Waals surface area contributed by atoms with Crippen molar-refractivity contribution in [1.82, 2.24) is 39.7 Å². The number of aromatic nitrogens is 8. The summed E-state index contributed by atoms with van der Waals surface area (Å²) in [5.74, 6) is 0.477. The maximum Gasteiger partial charge on any atom is 0.252 e. The van der Waals surface area contributed by atoms with Crippen LogP contribution in [0.1, 0.15) is 42.5 Å². The van der Waals surface area contributed by atoms with Gasteiger partial charge in [-0.05, 0) is 65.6 Å². The number of imidazole rings is 1. The molecule has 186 valence electrons. The van der Waals surface area contributed by atoms with Crippen molar-refractivity contribution in [2.24, 2.45) is 0 Å². The summed E-state index contributed by atoms with van der Waals surface area (Å²) in [7, 11) is 0. The van der Waals surface area contributed by atoms with E-state index in [1.807, 2.05) is 26.0 Å². The number of nitrogens with zero attached hydrogens (tertiary/aromatic N) is 7. The van der Waals surface area contributed by atoms with Crippen LogP contribution in [0.4, 0.5) is 10.2 Å². The average Bonchev–Trinajstić information content (AvgIpc) is 3.62. The van der Waals surface area contributed by atoms with E-state index in [-0.39, 0.29) is 28.1 Å². The highest BCUT2D eigenvalue weighted by atomic mass is 35.5. The number of rotatable bonds is 4. The van der Waals surface area contributed by atoms with Gasteiger partial charge in [-0.25, -0.2) is 14.4 Å². The molecule has 1 aromatic carbocycles. The summed E-state index contributed by atoms with van der Waals surface area (Å²) in [4.78, 5) is 25.8. The zero-order chi connectivity index (χ0) is 25.8. The van der Waals surface area contributed by atoms with Gasteiger partial charge in [0.15, 0.2) is 5.82 Å². The molecule has 5 heterocycles. The Labute approximate surface area is 215 Å². The van der Waals surface area contributed by atoms with Crippen molar-refractivity contribution in [3.63, 3.8) is 0 Å². The van der Waals surface area contributed by atoms with E-state index >= 15 is 4.39 Å². The van der Waals surface area contributed by atoms with Crippen molar-refractivity contribution in [2.45, 2.75) is 32.2 Å². The van der Waals surface area contributed by atoms with Gasteiger partial charge in [0.05, 0.1) is 28.6 Å². The molecule has 0 fully saturated rings. The van der Waals surface area contributed by atoms with Gasteiger partial charge >= 0.3 is 0 Å². The van der Waals surface area contributed by atoms with Crippen LogP contribution in [0.25, 0.3) is 28.1 Å². The van der Waals surface area contributed by atoms with Gasteiger partial charge in [-0.3, -0.25) is 4.79 Å². The largest absolute Gasteiger partial charge is 0.384 e. The molecule has 1 aliphatic rings. The van der Waals surface area contributed by atoms with Crippen molar-refractivity contribution >= 4 is 17.4 Å². The molecule has 2 atom stereocenters. The molecule has 0 saturated heterocycles. The number of hydrogen-bond donors (Lipinski definition) is 2. The first-order chi connectivity index (χ1) is 17.8. The second kappa shape index (κ2) is 8.63. The lowest BCUT2D eigenvalue weighted by Gasteiger charge is -2.16. The predicted molar refractivity (Wildman–Crippen MR) is 136 cm³/mol. The number of aromatic amines is 1. The van der Waals surface area contributed by atoms with Gasteiger partial charge in [0, 0.05) is 28.6 Å². The van der Waals surface area contributed by atoms with E-state index in [1.54, 1.807) is 22.9 Å². The highest BCUT2D eigenvalue weighted by Gasteiger charge is 2.33. The Morgan fingerprint density at radius 2 is 2.05 bits per heavy atom. The number of halogens is 2. The molecule has 5 aromatic rings. The molecule has 0 radical (unpaired) electrons. The Morgan fingerprint density at radius 1 is 1.22 bits per heavy atom. The third kappa shape index (κ3) is 3.78. The lowest BCUT2D eigenvalue weighted by Crippen LogP contribution is -2.24. The molecule has 0 spiro atoms. The van der Waals surface area contributed by atoms with Crippen molar-refractivity contribution in [1.29, 1.82) is 0 Å². The number of nitrogen functional groups attached to an aromatic ring is 1. The maximum atomic E-state index is 15.3. The summed E-state index contributed by atoms with van der Waals surface area (Å²) in [6, 6.07) is 9.61. The summed E-state index contributed by atoms with van der Waals surface area (Å²) < 4.78 is 18.4. The van der Waals surface area contributed by atoms with E-state index in [9.17, 15) is 4.79 Å². The summed E-state index contributed by atoms with van der Waals surface area (Å²) >= 11 is 6.12. The molecule has 4 aromatic heterocycles. The number of H-pyrrole nitrogens is 1. The monoisotopic (exact) mass is 517 g/mol. The SMILES string of the molecule is Cc1nc(N)ccc1-c1cnc([C@@H]2C[C@H](C)c3cc(-c4c(-n5cnnn5)ccc(Cl)c4F)cc(=O)n32)[nH]1. The summed E-state index contributed by atoms with van der Waals surface area (Å²) in [6.45, 7) is 3.91. The minimum Gasteiger partial charge on any atom is -0.384 e. The Balaban J connectivity index is 1.44. The standard InChI is InChI=1S/C25H21ClFN9O/c1-12-7-20(25-29-10-17(32-25)15-3-6-21(28)31-13(15)2)36-19(12)8-14(9-22(36)37)23-18(35-11-30-33-34-35)5-4-16(26)24(23)27/h3-6,8-12,20H,7H2,1-2H3,(H2,28,31)(H,29,32)/t12-,20-/m0/s1. The molecule has 0 bridgehead atoms. The highest BCUT2D eigenvalue weighted by molar-refractivity contribution is 6.31. The smallest absolute Gasteiger partial charge is 0.252 e. The van der Waals surface area contributed by atoms with Crippen LogP contribution in [0, 0.1) is 12.7 Å². The molecule has 0 saturated carbocycles. The molecule has 37 heavy (non-hydrogen) atoms. The van der Waals surface area contributed by atoms with E-state index in [0.717, 1.165) is 22.6 Å². The van der Waals surface area contributed by atoms with Gasteiger partial charge in [-0.1, -0.05) is 18.5 Å². The van der Waals surface area contributed by atoms with Crippen LogP contribution in [-0.2, 0) is 0 Å². The number of benzene rings is 1. The number of pyridine rings is 2. The molecular weight excluding hydrogens is 497 g/mol. The van der Waals surface area contributed by atoms with Crippen LogP contribution >= 0.6 is 11.6 Å². The lowest BCUT2D eigenvalue weighted by molar-refractivity contribution is 0.557. The summed E-state index contributed by atoms with van der Waals surface area (Å²) in [6.07, 6.45) is 3.75.